The lowest BCUT2D eigenvalue weighted by Crippen LogP contribution is -2.49. The zero-order valence-electron chi connectivity index (χ0n) is 18.1. The minimum Gasteiger partial charge on any atom is -0.341 e. The predicted molar refractivity (Wildman–Crippen MR) is 116 cm³/mol. The van der Waals surface area contributed by atoms with Crippen LogP contribution in [0.5, 0.6) is 0 Å². The van der Waals surface area contributed by atoms with Crippen molar-refractivity contribution in [2.24, 2.45) is 0 Å². The zero-order valence-corrected chi connectivity index (χ0v) is 18.1. The second-order valence-corrected chi connectivity index (χ2v) is 7.97. The van der Waals surface area contributed by atoms with E-state index < -0.39 is 18.1 Å². The van der Waals surface area contributed by atoms with Gasteiger partial charge in [0.15, 0.2) is 0 Å². The fourth-order valence-electron chi connectivity index (χ4n) is 3.78. The number of piperazine rings is 1. The maximum Gasteiger partial charge on any atom is 0.471 e. The summed E-state index contributed by atoms with van der Waals surface area (Å²) in [7, 11) is 0. The third-order valence-corrected chi connectivity index (χ3v) is 5.71. The van der Waals surface area contributed by atoms with Gasteiger partial charge in [-0.3, -0.25) is 14.5 Å². The van der Waals surface area contributed by atoms with Crippen molar-refractivity contribution in [3.63, 3.8) is 0 Å². The van der Waals surface area contributed by atoms with E-state index in [0.29, 0.717) is 31.7 Å². The molecule has 0 spiro atoms. The van der Waals surface area contributed by atoms with E-state index in [1.807, 2.05) is 30.4 Å². The largest absolute Gasteiger partial charge is 0.471 e. The topological polar surface area (TPSA) is 52.7 Å². The molecule has 32 heavy (non-hydrogen) atoms. The first-order valence-electron chi connectivity index (χ1n) is 10.8. The van der Waals surface area contributed by atoms with Crippen molar-refractivity contribution in [3.05, 3.63) is 71.3 Å². The second-order valence-electron chi connectivity index (χ2n) is 7.97. The van der Waals surface area contributed by atoms with Crippen LogP contribution in [0.3, 0.4) is 0 Å². The number of amides is 2. The molecule has 2 aromatic carbocycles. The quantitative estimate of drug-likeness (QED) is 0.704. The predicted octanol–water partition coefficient (Wildman–Crippen LogP) is 3.70. The third-order valence-electron chi connectivity index (χ3n) is 5.71. The first-order chi connectivity index (χ1) is 15.3. The van der Waals surface area contributed by atoms with E-state index in [-0.39, 0.29) is 12.3 Å². The van der Waals surface area contributed by atoms with Crippen LogP contribution in [0.25, 0.3) is 0 Å². The Morgan fingerprint density at radius 3 is 2.12 bits per heavy atom. The number of aryl methyl sites for hydroxylation is 1. The summed E-state index contributed by atoms with van der Waals surface area (Å²) < 4.78 is 38.5. The molecular formula is C24H28F3N3O2. The number of carbonyl (C=O) groups excluding carboxylic acids is 2. The van der Waals surface area contributed by atoms with Crippen LogP contribution in [0.1, 0.15) is 36.1 Å². The third kappa shape index (κ3) is 6.56. The van der Waals surface area contributed by atoms with Crippen molar-refractivity contribution >= 4 is 11.8 Å². The molecule has 3 rings (SSSR count). The molecule has 5 nitrogen and oxygen atoms in total. The van der Waals surface area contributed by atoms with Crippen LogP contribution < -0.4 is 5.32 Å². The molecule has 1 atom stereocenters. The lowest BCUT2D eigenvalue weighted by atomic mass is 10.00. The van der Waals surface area contributed by atoms with E-state index in [9.17, 15) is 22.8 Å². The minimum absolute atomic E-state index is 0.216. The molecule has 2 aromatic rings. The van der Waals surface area contributed by atoms with Gasteiger partial charge in [0.1, 0.15) is 0 Å². The maximum absolute atomic E-state index is 12.9. The average molecular weight is 448 g/mol. The number of nitrogens with one attached hydrogen (secondary N) is 1. The van der Waals surface area contributed by atoms with Gasteiger partial charge in [-0.1, -0.05) is 61.5 Å². The van der Waals surface area contributed by atoms with Gasteiger partial charge in [0.2, 0.25) is 5.91 Å². The van der Waals surface area contributed by atoms with Crippen molar-refractivity contribution < 1.29 is 22.8 Å². The van der Waals surface area contributed by atoms with E-state index in [4.69, 9.17) is 0 Å². The summed E-state index contributed by atoms with van der Waals surface area (Å²) in [5, 5.41) is 2.00. The van der Waals surface area contributed by atoms with Gasteiger partial charge >= 0.3 is 12.1 Å². The monoisotopic (exact) mass is 447 g/mol. The fraction of sp³-hybridized carbons (Fsp3) is 0.417. The molecule has 0 aromatic heterocycles. The Balaban J connectivity index is 1.62. The van der Waals surface area contributed by atoms with Crippen LogP contribution in [-0.4, -0.2) is 54.0 Å². The van der Waals surface area contributed by atoms with E-state index in [1.54, 1.807) is 29.2 Å². The Bertz CT molecular complexity index is 893. The highest BCUT2D eigenvalue weighted by atomic mass is 19.4. The van der Waals surface area contributed by atoms with Crippen LogP contribution in [0.15, 0.2) is 54.6 Å². The Kier molecular flexibility index (Phi) is 7.90. The molecule has 0 radical (unpaired) electrons. The molecule has 1 aliphatic heterocycles. The number of rotatable bonds is 7. The van der Waals surface area contributed by atoms with E-state index >= 15 is 0 Å². The summed E-state index contributed by atoms with van der Waals surface area (Å²) in [5.41, 5.74) is 2.70. The highest BCUT2D eigenvalue weighted by Gasteiger charge is 2.40. The lowest BCUT2D eigenvalue weighted by molar-refractivity contribution is -0.174. The molecule has 0 bridgehead atoms. The summed E-state index contributed by atoms with van der Waals surface area (Å²) >= 11 is 0. The first kappa shape index (κ1) is 23.8. The Morgan fingerprint density at radius 2 is 1.56 bits per heavy atom. The van der Waals surface area contributed by atoms with Gasteiger partial charge in [0.25, 0.3) is 0 Å². The Morgan fingerprint density at radius 1 is 0.938 bits per heavy atom. The summed E-state index contributed by atoms with van der Waals surface area (Å²) in [6.07, 6.45) is -4.44. The highest BCUT2D eigenvalue weighted by Crippen LogP contribution is 2.23. The summed E-state index contributed by atoms with van der Waals surface area (Å²) in [6, 6.07) is 15.9. The van der Waals surface area contributed by atoms with E-state index in [1.165, 1.54) is 5.56 Å². The van der Waals surface area contributed by atoms with Crippen molar-refractivity contribution in [2.75, 3.05) is 26.2 Å². The standard InChI is InChI=1S/C24H28F3N3O2/c1-2-18-8-10-20(11-9-18)21(28-23(32)24(25,26)27)16-22(31)30-14-12-29(13-15-30)17-19-6-4-3-5-7-19/h3-11,21H,2,12-17H2,1H3,(H,28,32)/t21-/m1/s1. The molecule has 2 amide bonds. The molecule has 0 unspecified atom stereocenters. The molecule has 1 N–H and O–H groups in total. The second kappa shape index (κ2) is 10.6. The summed E-state index contributed by atoms with van der Waals surface area (Å²) in [5.74, 6) is -2.31. The van der Waals surface area contributed by atoms with E-state index in [2.05, 4.69) is 17.0 Å². The van der Waals surface area contributed by atoms with Gasteiger partial charge in [0, 0.05) is 32.7 Å². The number of hydrogen-bond donors (Lipinski definition) is 1. The normalized spacial score (nSPS) is 15.9. The fourth-order valence-corrected chi connectivity index (χ4v) is 3.78. The van der Waals surface area contributed by atoms with Crippen molar-refractivity contribution in [1.29, 1.82) is 0 Å². The molecule has 172 valence electrons. The number of hydrogen-bond acceptors (Lipinski definition) is 3. The van der Waals surface area contributed by atoms with Crippen LogP contribution in [0.4, 0.5) is 13.2 Å². The van der Waals surface area contributed by atoms with Crippen molar-refractivity contribution in [2.45, 2.75) is 38.5 Å². The summed E-state index contributed by atoms with van der Waals surface area (Å²) in [4.78, 5) is 28.4. The number of benzene rings is 2. The smallest absolute Gasteiger partial charge is 0.341 e. The van der Waals surface area contributed by atoms with Gasteiger partial charge in [-0.05, 0) is 23.1 Å². The maximum atomic E-state index is 12.9. The lowest BCUT2D eigenvalue weighted by Gasteiger charge is -2.35. The van der Waals surface area contributed by atoms with E-state index in [0.717, 1.165) is 18.5 Å². The van der Waals surface area contributed by atoms with Gasteiger partial charge in [-0.15, -0.1) is 0 Å². The molecule has 1 heterocycles. The minimum atomic E-state index is -5.01. The zero-order chi connectivity index (χ0) is 23.1. The van der Waals surface area contributed by atoms with Crippen LogP contribution >= 0.6 is 0 Å². The molecule has 0 saturated carbocycles. The Hall–Kier alpha value is -2.87. The van der Waals surface area contributed by atoms with Crippen molar-refractivity contribution in [3.8, 4) is 0 Å². The van der Waals surface area contributed by atoms with Gasteiger partial charge in [-0.25, -0.2) is 0 Å². The van der Waals surface area contributed by atoms with Gasteiger partial charge < -0.3 is 10.2 Å². The molecule has 0 aliphatic carbocycles. The van der Waals surface area contributed by atoms with Gasteiger partial charge in [0.05, 0.1) is 12.5 Å². The molecule has 1 aliphatic rings. The number of carbonyl (C=O) groups is 2. The van der Waals surface area contributed by atoms with Crippen LogP contribution in [0, 0.1) is 0 Å². The van der Waals surface area contributed by atoms with Crippen LogP contribution in [-0.2, 0) is 22.6 Å². The summed E-state index contributed by atoms with van der Waals surface area (Å²) in [6.45, 7) is 5.13. The number of nitrogens with zero attached hydrogens (tertiary/aromatic N) is 2. The highest BCUT2D eigenvalue weighted by molar-refractivity contribution is 5.83. The van der Waals surface area contributed by atoms with Crippen LogP contribution in [0.2, 0.25) is 0 Å². The molecule has 1 fully saturated rings. The number of halogens is 3. The van der Waals surface area contributed by atoms with Gasteiger partial charge in [-0.2, -0.15) is 13.2 Å². The number of alkyl halides is 3. The first-order valence-corrected chi connectivity index (χ1v) is 10.8. The SMILES string of the molecule is CCc1ccc([C@@H](CC(=O)N2CCN(Cc3ccccc3)CC2)NC(=O)C(F)(F)F)cc1. The molecule has 8 heteroatoms. The average Bonchev–Trinajstić information content (AvgIpc) is 2.79. The molecular weight excluding hydrogens is 419 g/mol. The van der Waals surface area contributed by atoms with Crippen molar-refractivity contribution in [1.82, 2.24) is 15.1 Å². The Labute approximate surface area is 186 Å². The molecule has 1 saturated heterocycles.